The van der Waals surface area contributed by atoms with Crippen LogP contribution in [-0.4, -0.2) is 48.9 Å². The van der Waals surface area contributed by atoms with Crippen LogP contribution in [0, 0.1) is 13.8 Å². The highest BCUT2D eigenvalue weighted by Crippen LogP contribution is 2.31. The summed E-state index contributed by atoms with van der Waals surface area (Å²) in [5.74, 6) is 0.762. The number of fused-ring (bicyclic) bond motifs is 1. The van der Waals surface area contributed by atoms with Crippen LogP contribution >= 0.6 is 23.2 Å². The summed E-state index contributed by atoms with van der Waals surface area (Å²) in [6.45, 7) is 5.60. The maximum atomic E-state index is 13.0. The van der Waals surface area contributed by atoms with Crippen molar-refractivity contribution < 1.29 is 8.42 Å². The minimum Gasteiger partial charge on any atom is -0.340 e. The fourth-order valence-corrected chi connectivity index (χ4v) is 5.60. The van der Waals surface area contributed by atoms with E-state index in [0.717, 1.165) is 22.5 Å². The van der Waals surface area contributed by atoms with Crippen molar-refractivity contribution in [2.45, 2.75) is 18.7 Å². The lowest BCUT2D eigenvalue weighted by Crippen LogP contribution is -2.49. The van der Waals surface area contributed by atoms with E-state index in [1.165, 1.54) is 16.4 Å². The zero-order chi connectivity index (χ0) is 20.1. The van der Waals surface area contributed by atoms with Crippen molar-refractivity contribution in [3.8, 4) is 0 Å². The minimum absolute atomic E-state index is 0.101. The third-order valence-corrected chi connectivity index (χ3v) is 7.76. The number of nitrogens with zero attached hydrogens (tertiary/aromatic N) is 3. The molecule has 3 aromatic rings. The molecule has 1 N–H and O–H groups in total. The van der Waals surface area contributed by atoms with Crippen LogP contribution in [0.15, 0.2) is 35.2 Å². The molecule has 0 radical (unpaired) electrons. The first-order chi connectivity index (χ1) is 13.3. The van der Waals surface area contributed by atoms with Gasteiger partial charge in [0.25, 0.3) is 0 Å². The predicted molar refractivity (Wildman–Crippen MR) is 113 cm³/mol. The predicted octanol–water partition coefficient (Wildman–Crippen LogP) is 4.00. The van der Waals surface area contributed by atoms with E-state index in [1.807, 2.05) is 19.1 Å². The first-order valence-electron chi connectivity index (χ1n) is 8.93. The number of anilines is 1. The van der Waals surface area contributed by atoms with Gasteiger partial charge in [-0.2, -0.15) is 4.31 Å². The van der Waals surface area contributed by atoms with Gasteiger partial charge in [-0.15, -0.1) is 0 Å². The topological polar surface area (TPSA) is 69.3 Å². The smallest absolute Gasteiger partial charge is 0.244 e. The highest BCUT2D eigenvalue weighted by molar-refractivity contribution is 7.89. The van der Waals surface area contributed by atoms with E-state index in [9.17, 15) is 8.42 Å². The number of aromatic nitrogens is 2. The lowest BCUT2D eigenvalue weighted by atomic mass is 10.2. The number of H-pyrrole nitrogens is 1. The van der Waals surface area contributed by atoms with Crippen molar-refractivity contribution in [1.82, 2.24) is 14.3 Å². The maximum Gasteiger partial charge on any atom is 0.244 e. The molecule has 1 aliphatic rings. The highest BCUT2D eigenvalue weighted by atomic mass is 35.5. The number of rotatable bonds is 3. The van der Waals surface area contributed by atoms with E-state index in [0.29, 0.717) is 36.8 Å². The van der Waals surface area contributed by atoms with Gasteiger partial charge in [0, 0.05) is 31.2 Å². The van der Waals surface area contributed by atoms with Crippen LogP contribution in [-0.2, 0) is 10.0 Å². The Balaban J connectivity index is 1.54. The average molecular weight is 439 g/mol. The normalized spacial score (nSPS) is 16.1. The second-order valence-electron chi connectivity index (χ2n) is 7.00. The molecule has 0 aliphatic carbocycles. The Bertz CT molecular complexity index is 1150. The molecule has 0 bridgehead atoms. The second-order valence-corrected chi connectivity index (χ2v) is 9.72. The van der Waals surface area contributed by atoms with E-state index in [-0.39, 0.29) is 9.92 Å². The van der Waals surface area contributed by atoms with E-state index in [2.05, 4.69) is 20.9 Å². The average Bonchev–Trinajstić information content (AvgIpc) is 3.08. The van der Waals surface area contributed by atoms with E-state index in [1.54, 1.807) is 6.92 Å². The third kappa shape index (κ3) is 3.48. The van der Waals surface area contributed by atoms with Crippen LogP contribution in [0.3, 0.4) is 0 Å². The summed E-state index contributed by atoms with van der Waals surface area (Å²) in [6.07, 6.45) is 0. The van der Waals surface area contributed by atoms with Crippen molar-refractivity contribution in [2.24, 2.45) is 0 Å². The van der Waals surface area contributed by atoms with Crippen molar-refractivity contribution in [3.05, 3.63) is 51.5 Å². The van der Waals surface area contributed by atoms with Gasteiger partial charge >= 0.3 is 0 Å². The van der Waals surface area contributed by atoms with Gasteiger partial charge in [-0.05, 0) is 49.2 Å². The summed E-state index contributed by atoms with van der Waals surface area (Å²) < 4.78 is 27.6. The van der Waals surface area contributed by atoms with Gasteiger partial charge < -0.3 is 9.88 Å². The fraction of sp³-hybridized carbons (Fsp3) is 0.316. The van der Waals surface area contributed by atoms with Crippen LogP contribution in [0.1, 0.15) is 11.1 Å². The van der Waals surface area contributed by atoms with Crippen LogP contribution in [0.5, 0.6) is 0 Å². The largest absolute Gasteiger partial charge is 0.340 e. The van der Waals surface area contributed by atoms with Crippen molar-refractivity contribution in [2.75, 3.05) is 31.1 Å². The molecular formula is C19H20Cl2N4O2S. The molecule has 0 unspecified atom stereocenters. The lowest BCUT2D eigenvalue weighted by Gasteiger charge is -2.34. The molecule has 6 nitrogen and oxygen atoms in total. The van der Waals surface area contributed by atoms with Gasteiger partial charge in [-0.1, -0.05) is 29.3 Å². The number of sulfonamides is 1. The first-order valence-corrected chi connectivity index (χ1v) is 11.1. The number of imidazole rings is 1. The number of hydrogen-bond donors (Lipinski definition) is 1. The summed E-state index contributed by atoms with van der Waals surface area (Å²) in [6, 6.07) is 9.08. The van der Waals surface area contributed by atoms with Gasteiger partial charge in [0.1, 0.15) is 4.90 Å². The van der Waals surface area contributed by atoms with Crippen molar-refractivity contribution >= 4 is 50.2 Å². The molecule has 1 aliphatic heterocycles. The number of hydrogen-bond acceptors (Lipinski definition) is 4. The number of aryl methyl sites for hydroxylation is 2. The van der Waals surface area contributed by atoms with Crippen molar-refractivity contribution in [3.63, 3.8) is 0 Å². The Morgan fingerprint density at radius 2 is 1.71 bits per heavy atom. The number of piperazine rings is 1. The van der Waals surface area contributed by atoms with Crippen LogP contribution < -0.4 is 4.90 Å². The Labute approximate surface area is 174 Å². The van der Waals surface area contributed by atoms with Crippen LogP contribution in [0.4, 0.5) is 5.95 Å². The summed E-state index contributed by atoms with van der Waals surface area (Å²) in [5.41, 5.74) is 3.72. The zero-order valence-electron chi connectivity index (χ0n) is 15.5. The van der Waals surface area contributed by atoms with E-state index in [4.69, 9.17) is 23.2 Å². The first kappa shape index (κ1) is 19.5. The third-order valence-electron chi connectivity index (χ3n) is 4.99. The number of aromatic amines is 1. The summed E-state index contributed by atoms with van der Waals surface area (Å²) in [7, 11) is -3.68. The molecule has 148 valence electrons. The lowest BCUT2D eigenvalue weighted by molar-refractivity contribution is 0.383. The molecule has 0 amide bonds. The molecule has 0 spiro atoms. The molecule has 0 saturated carbocycles. The molecule has 2 aromatic carbocycles. The minimum atomic E-state index is -3.68. The highest BCUT2D eigenvalue weighted by Gasteiger charge is 2.31. The molecule has 9 heteroatoms. The Morgan fingerprint density at radius 3 is 2.43 bits per heavy atom. The number of nitrogens with one attached hydrogen (secondary N) is 1. The second kappa shape index (κ2) is 7.22. The van der Waals surface area contributed by atoms with Gasteiger partial charge in [0.15, 0.2) is 0 Å². The Hall–Kier alpha value is -1.80. The monoisotopic (exact) mass is 438 g/mol. The fourth-order valence-electron chi connectivity index (χ4n) is 3.37. The molecule has 4 rings (SSSR count). The van der Waals surface area contributed by atoms with E-state index >= 15 is 0 Å². The van der Waals surface area contributed by atoms with Gasteiger partial charge in [0.05, 0.1) is 16.1 Å². The van der Waals surface area contributed by atoms with Gasteiger partial charge in [-0.3, -0.25) is 0 Å². The SMILES string of the molecule is Cc1ccc2nc(N3CCN(S(=O)(=O)c4cc(C)c(Cl)cc4Cl)CC3)[nH]c2c1. The Morgan fingerprint density at radius 1 is 1.00 bits per heavy atom. The van der Waals surface area contributed by atoms with Crippen LogP contribution in [0.2, 0.25) is 10.0 Å². The Kier molecular flexibility index (Phi) is 5.03. The van der Waals surface area contributed by atoms with E-state index < -0.39 is 10.0 Å². The molecule has 1 aromatic heterocycles. The molecule has 2 heterocycles. The quantitative estimate of drug-likeness (QED) is 0.670. The number of benzene rings is 2. The molecule has 0 atom stereocenters. The van der Waals surface area contributed by atoms with Gasteiger partial charge in [0.2, 0.25) is 16.0 Å². The summed E-state index contributed by atoms with van der Waals surface area (Å²) in [4.78, 5) is 10.1. The molecule has 28 heavy (non-hydrogen) atoms. The summed E-state index contributed by atoms with van der Waals surface area (Å²) >= 11 is 12.2. The van der Waals surface area contributed by atoms with Crippen LogP contribution in [0.25, 0.3) is 11.0 Å². The molecular weight excluding hydrogens is 419 g/mol. The molecule has 1 fully saturated rings. The number of halogens is 2. The van der Waals surface area contributed by atoms with Crippen molar-refractivity contribution in [1.29, 1.82) is 0 Å². The summed E-state index contributed by atoms with van der Waals surface area (Å²) in [5, 5.41) is 0.597. The molecule has 1 saturated heterocycles. The standard InChI is InChI=1S/C19H20Cl2N4O2S/c1-12-3-4-16-17(9-12)23-19(22-16)24-5-7-25(8-6-24)28(26,27)18-10-13(2)14(20)11-15(18)21/h3-4,9-11H,5-8H2,1-2H3,(H,22,23). The van der Waals surface area contributed by atoms with Gasteiger partial charge in [-0.25, -0.2) is 13.4 Å². The zero-order valence-corrected chi connectivity index (χ0v) is 17.9. The maximum absolute atomic E-state index is 13.0.